The Bertz CT molecular complexity index is 998. The highest BCUT2D eigenvalue weighted by Crippen LogP contribution is 2.22. The minimum atomic E-state index is -2.68. The molecule has 1 aromatic heterocycles. The number of hydrogen-bond acceptors (Lipinski definition) is 4. The lowest BCUT2D eigenvalue weighted by Crippen LogP contribution is -2.36. The Kier molecular flexibility index (Phi) is 5.44. The van der Waals surface area contributed by atoms with Crippen molar-refractivity contribution in [2.75, 3.05) is 38.3 Å². The van der Waals surface area contributed by atoms with E-state index in [1.807, 2.05) is 12.1 Å². The molecule has 6 nitrogen and oxygen atoms in total. The van der Waals surface area contributed by atoms with Crippen LogP contribution >= 0.6 is 0 Å². The Labute approximate surface area is 167 Å². The number of H-pyrrole nitrogens is 1. The zero-order valence-electron chi connectivity index (χ0n) is 16.1. The van der Waals surface area contributed by atoms with Gasteiger partial charge >= 0.3 is 0 Å². The molecule has 29 heavy (non-hydrogen) atoms. The van der Waals surface area contributed by atoms with Gasteiger partial charge in [-0.15, -0.1) is 0 Å². The zero-order chi connectivity index (χ0) is 20.4. The summed E-state index contributed by atoms with van der Waals surface area (Å²) in [7, 11) is 1.72. The van der Waals surface area contributed by atoms with E-state index < -0.39 is 12.2 Å². The standard InChI is InChI=1S/C21H22F2N4O2/c1-26(13-14-2-5-16(6-3-14)27-8-10-29-11-9-27)21(28)15-4-7-17-18(12-15)25-20(24-17)19(22)23/h2-7,12,19H,8-11,13H2,1H3,(H,24,25). The summed E-state index contributed by atoms with van der Waals surface area (Å²) in [5, 5.41) is 0. The van der Waals surface area contributed by atoms with Gasteiger partial charge in [-0.2, -0.15) is 0 Å². The number of hydrogen-bond donors (Lipinski definition) is 1. The Hall–Kier alpha value is -3.00. The van der Waals surface area contributed by atoms with Gasteiger partial charge < -0.3 is 19.5 Å². The van der Waals surface area contributed by atoms with Gasteiger partial charge in [-0.05, 0) is 35.9 Å². The number of benzene rings is 2. The number of alkyl halides is 2. The number of amides is 1. The predicted molar refractivity (Wildman–Crippen MR) is 106 cm³/mol. The van der Waals surface area contributed by atoms with E-state index in [-0.39, 0.29) is 5.91 Å². The van der Waals surface area contributed by atoms with E-state index in [1.165, 1.54) is 0 Å². The number of carbonyl (C=O) groups is 1. The normalized spacial score (nSPS) is 14.6. The van der Waals surface area contributed by atoms with Crippen LogP contribution in [0.3, 0.4) is 0 Å². The van der Waals surface area contributed by atoms with E-state index >= 15 is 0 Å². The minimum absolute atomic E-state index is 0.183. The molecule has 1 saturated heterocycles. The van der Waals surface area contributed by atoms with Crippen LogP contribution in [0.15, 0.2) is 42.5 Å². The number of morpholine rings is 1. The maximum Gasteiger partial charge on any atom is 0.295 e. The Morgan fingerprint density at radius 2 is 1.93 bits per heavy atom. The molecule has 3 aromatic rings. The highest BCUT2D eigenvalue weighted by molar-refractivity contribution is 5.97. The van der Waals surface area contributed by atoms with Crippen LogP contribution in [0.4, 0.5) is 14.5 Å². The van der Waals surface area contributed by atoms with Crippen molar-refractivity contribution < 1.29 is 18.3 Å². The summed E-state index contributed by atoms with van der Waals surface area (Å²) in [5.74, 6) is -0.573. The van der Waals surface area contributed by atoms with Gasteiger partial charge in [-0.3, -0.25) is 4.79 Å². The van der Waals surface area contributed by atoms with Crippen LogP contribution in [-0.4, -0.2) is 54.1 Å². The van der Waals surface area contributed by atoms with Crippen molar-refractivity contribution in [3.05, 3.63) is 59.4 Å². The third kappa shape index (κ3) is 4.22. The predicted octanol–water partition coefficient (Wildman–Crippen LogP) is 3.61. The summed E-state index contributed by atoms with van der Waals surface area (Å²) >= 11 is 0. The van der Waals surface area contributed by atoms with Crippen LogP contribution in [0.2, 0.25) is 0 Å². The van der Waals surface area contributed by atoms with Crippen molar-refractivity contribution in [1.29, 1.82) is 0 Å². The molecule has 1 N–H and O–H groups in total. The molecule has 2 aromatic carbocycles. The molecule has 1 amide bonds. The molecular formula is C21H22F2N4O2. The van der Waals surface area contributed by atoms with Crippen molar-refractivity contribution >= 4 is 22.6 Å². The van der Waals surface area contributed by atoms with Crippen molar-refractivity contribution in [2.45, 2.75) is 13.0 Å². The number of carbonyl (C=O) groups excluding carboxylic acids is 1. The lowest BCUT2D eigenvalue weighted by molar-refractivity contribution is 0.0785. The molecule has 1 fully saturated rings. The number of ether oxygens (including phenoxy) is 1. The van der Waals surface area contributed by atoms with Gasteiger partial charge in [0.25, 0.3) is 12.3 Å². The maximum absolute atomic E-state index is 12.8. The first-order chi connectivity index (χ1) is 14.0. The molecule has 1 aliphatic heterocycles. The fraction of sp³-hybridized carbons (Fsp3) is 0.333. The van der Waals surface area contributed by atoms with Crippen LogP contribution in [-0.2, 0) is 11.3 Å². The fourth-order valence-electron chi connectivity index (χ4n) is 3.47. The first-order valence-corrected chi connectivity index (χ1v) is 9.46. The largest absolute Gasteiger partial charge is 0.378 e. The number of nitrogens with one attached hydrogen (secondary N) is 1. The van der Waals surface area contributed by atoms with E-state index in [0.717, 1.165) is 37.6 Å². The van der Waals surface area contributed by atoms with Gasteiger partial charge in [0.15, 0.2) is 5.82 Å². The van der Waals surface area contributed by atoms with E-state index in [2.05, 4.69) is 27.0 Å². The summed E-state index contributed by atoms with van der Waals surface area (Å²) in [6.07, 6.45) is -2.68. The molecule has 8 heteroatoms. The molecule has 0 saturated carbocycles. The van der Waals surface area contributed by atoms with Crippen LogP contribution in [0.25, 0.3) is 11.0 Å². The number of halogens is 2. The van der Waals surface area contributed by atoms with Crippen molar-refractivity contribution in [3.8, 4) is 0 Å². The molecule has 0 atom stereocenters. The average molecular weight is 400 g/mol. The molecule has 152 valence electrons. The molecule has 0 radical (unpaired) electrons. The summed E-state index contributed by atoms with van der Waals surface area (Å²) in [4.78, 5) is 23.0. The second kappa shape index (κ2) is 8.16. The topological polar surface area (TPSA) is 61.5 Å². The average Bonchev–Trinajstić information content (AvgIpc) is 3.18. The molecule has 2 heterocycles. The monoisotopic (exact) mass is 400 g/mol. The molecular weight excluding hydrogens is 378 g/mol. The van der Waals surface area contributed by atoms with Gasteiger partial charge in [0.2, 0.25) is 0 Å². The zero-order valence-corrected chi connectivity index (χ0v) is 16.1. The summed E-state index contributed by atoms with van der Waals surface area (Å²) in [5.41, 5.74) is 3.42. The summed E-state index contributed by atoms with van der Waals surface area (Å²) < 4.78 is 31.0. The van der Waals surface area contributed by atoms with E-state index in [0.29, 0.717) is 23.1 Å². The molecule has 4 rings (SSSR count). The minimum Gasteiger partial charge on any atom is -0.378 e. The van der Waals surface area contributed by atoms with Crippen LogP contribution in [0.1, 0.15) is 28.2 Å². The van der Waals surface area contributed by atoms with Crippen LogP contribution < -0.4 is 4.90 Å². The summed E-state index contributed by atoms with van der Waals surface area (Å²) in [6.45, 7) is 3.67. The molecule has 0 unspecified atom stereocenters. The number of fused-ring (bicyclic) bond motifs is 1. The molecule has 0 aliphatic carbocycles. The second-order valence-electron chi connectivity index (χ2n) is 7.08. The van der Waals surface area contributed by atoms with Gasteiger partial charge in [-0.25, -0.2) is 13.8 Å². The maximum atomic E-state index is 12.8. The second-order valence-corrected chi connectivity index (χ2v) is 7.08. The molecule has 0 spiro atoms. The van der Waals surface area contributed by atoms with Crippen molar-refractivity contribution in [3.63, 3.8) is 0 Å². The lowest BCUT2D eigenvalue weighted by atomic mass is 10.1. The first-order valence-electron chi connectivity index (χ1n) is 9.46. The summed E-state index contributed by atoms with van der Waals surface area (Å²) in [6, 6.07) is 12.9. The Morgan fingerprint density at radius 3 is 2.62 bits per heavy atom. The van der Waals surface area contributed by atoms with E-state index in [1.54, 1.807) is 30.1 Å². The smallest absolute Gasteiger partial charge is 0.295 e. The number of aromatic amines is 1. The van der Waals surface area contributed by atoms with Crippen molar-refractivity contribution in [2.24, 2.45) is 0 Å². The van der Waals surface area contributed by atoms with E-state index in [9.17, 15) is 13.6 Å². The number of aromatic nitrogens is 2. The van der Waals surface area contributed by atoms with Crippen LogP contribution in [0.5, 0.6) is 0 Å². The lowest BCUT2D eigenvalue weighted by Gasteiger charge is -2.29. The Morgan fingerprint density at radius 1 is 1.21 bits per heavy atom. The number of nitrogens with zero attached hydrogens (tertiary/aromatic N) is 3. The number of rotatable bonds is 5. The highest BCUT2D eigenvalue weighted by Gasteiger charge is 2.17. The SMILES string of the molecule is CN(Cc1ccc(N2CCOCC2)cc1)C(=O)c1ccc2nc(C(F)F)[nH]c2c1. The third-order valence-electron chi connectivity index (χ3n) is 5.03. The molecule has 0 bridgehead atoms. The van der Waals surface area contributed by atoms with Crippen molar-refractivity contribution in [1.82, 2.24) is 14.9 Å². The highest BCUT2D eigenvalue weighted by atomic mass is 19.3. The van der Waals surface area contributed by atoms with Gasteiger partial charge in [0, 0.05) is 37.9 Å². The Balaban J connectivity index is 1.44. The number of imidazole rings is 1. The third-order valence-corrected chi connectivity index (χ3v) is 5.03. The van der Waals surface area contributed by atoms with E-state index in [4.69, 9.17) is 4.74 Å². The fourth-order valence-corrected chi connectivity index (χ4v) is 3.47. The van der Waals surface area contributed by atoms with Gasteiger partial charge in [0.1, 0.15) is 0 Å². The quantitative estimate of drug-likeness (QED) is 0.711. The molecule has 1 aliphatic rings. The number of anilines is 1. The van der Waals surface area contributed by atoms with Gasteiger partial charge in [-0.1, -0.05) is 12.1 Å². The van der Waals surface area contributed by atoms with Gasteiger partial charge in [0.05, 0.1) is 24.2 Å². The first kappa shape index (κ1) is 19.3. The van der Waals surface area contributed by atoms with Crippen LogP contribution in [0, 0.1) is 0 Å².